The average molecular weight is 337 g/mol. The Labute approximate surface area is 138 Å². The normalized spacial score (nSPS) is 20.9. The highest BCUT2D eigenvalue weighted by molar-refractivity contribution is 5.78. The number of nitrogens with zero attached hydrogens (tertiary/aromatic N) is 2. The van der Waals surface area contributed by atoms with Gasteiger partial charge in [0, 0.05) is 19.7 Å². The maximum atomic E-state index is 13.1. The largest absolute Gasteiger partial charge is 0.388 e. The van der Waals surface area contributed by atoms with E-state index >= 15 is 0 Å². The molecule has 2 aromatic rings. The smallest absolute Gasteiger partial charge is 0.248 e. The van der Waals surface area contributed by atoms with Gasteiger partial charge in [0.15, 0.2) is 0 Å². The first kappa shape index (κ1) is 16.8. The second-order valence-electron chi connectivity index (χ2n) is 5.70. The van der Waals surface area contributed by atoms with Crippen LogP contribution in [0, 0.1) is 5.82 Å². The number of aliphatic hydroxyl groups excluding tert-OH is 1. The summed E-state index contributed by atoms with van der Waals surface area (Å²) in [7, 11) is 0. The number of hydrogen-bond donors (Lipinski definition) is 2. The topological polar surface area (TPSA) is 87.7 Å². The summed E-state index contributed by atoms with van der Waals surface area (Å²) >= 11 is 0. The second kappa shape index (κ2) is 7.25. The van der Waals surface area contributed by atoms with Gasteiger partial charge < -0.3 is 24.5 Å². The quantitative estimate of drug-likeness (QED) is 0.815. The molecule has 0 radical (unpaired) electrons. The minimum absolute atomic E-state index is 0.114. The highest BCUT2D eigenvalue weighted by Crippen LogP contribution is 2.15. The van der Waals surface area contributed by atoms with Crippen molar-refractivity contribution in [3.8, 4) is 0 Å². The number of β-amino-alcohol motifs (C(OH)–C–C–N with tert-alkyl or cyclic N) is 1. The average Bonchev–Trinajstić information content (AvgIpc) is 3.11. The van der Waals surface area contributed by atoms with Crippen LogP contribution in [0.1, 0.15) is 12.7 Å². The SMILES string of the molecule is CCO[C@H]1CN(C(=O)COCc2nc3ccc(F)cc3[nH]2)C[C@@H]1O. The molecule has 1 aromatic carbocycles. The Balaban J connectivity index is 1.49. The summed E-state index contributed by atoms with van der Waals surface area (Å²) < 4.78 is 23.9. The number of carbonyl (C=O) groups is 1. The van der Waals surface area contributed by atoms with Gasteiger partial charge in [0.05, 0.1) is 17.1 Å². The predicted octanol–water partition coefficient (Wildman–Crippen LogP) is 0.827. The number of rotatable bonds is 6. The molecule has 24 heavy (non-hydrogen) atoms. The summed E-state index contributed by atoms with van der Waals surface area (Å²) in [6.45, 7) is 2.95. The fraction of sp³-hybridized carbons (Fsp3) is 0.500. The van der Waals surface area contributed by atoms with Crippen molar-refractivity contribution in [3.05, 3.63) is 29.8 Å². The van der Waals surface area contributed by atoms with Gasteiger partial charge in [-0.2, -0.15) is 0 Å². The zero-order valence-electron chi connectivity index (χ0n) is 13.4. The van der Waals surface area contributed by atoms with E-state index in [2.05, 4.69) is 9.97 Å². The summed E-state index contributed by atoms with van der Waals surface area (Å²) in [5.74, 6) is -0.0271. The number of benzene rings is 1. The number of aromatic nitrogens is 2. The third-order valence-corrected chi connectivity index (χ3v) is 3.93. The maximum absolute atomic E-state index is 13.1. The molecule has 0 saturated carbocycles. The highest BCUT2D eigenvalue weighted by Gasteiger charge is 2.34. The lowest BCUT2D eigenvalue weighted by atomic mass is 10.3. The summed E-state index contributed by atoms with van der Waals surface area (Å²) in [6, 6.07) is 4.27. The minimum atomic E-state index is -0.667. The van der Waals surface area contributed by atoms with Crippen LogP contribution in [0.2, 0.25) is 0 Å². The first-order valence-corrected chi connectivity index (χ1v) is 7.86. The van der Waals surface area contributed by atoms with Crippen molar-refractivity contribution in [2.75, 3.05) is 26.3 Å². The highest BCUT2D eigenvalue weighted by atomic mass is 19.1. The van der Waals surface area contributed by atoms with E-state index in [0.717, 1.165) is 0 Å². The van der Waals surface area contributed by atoms with Crippen molar-refractivity contribution < 1.29 is 23.8 Å². The number of nitrogens with one attached hydrogen (secondary N) is 1. The Kier molecular flexibility index (Phi) is 5.08. The number of H-pyrrole nitrogens is 1. The Morgan fingerprint density at radius 2 is 2.33 bits per heavy atom. The van der Waals surface area contributed by atoms with E-state index in [0.29, 0.717) is 30.0 Å². The lowest BCUT2D eigenvalue weighted by molar-refractivity contribution is -0.136. The minimum Gasteiger partial charge on any atom is -0.388 e. The third kappa shape index (κ3) is 3.72. The van der Waals surface area contributed by atoms with E-state index in [1.54, 1.807) is 6.07 Å². The lowest BCUT2D eigenvalue weighted by Crippen LogP contribution is -2.33. The number of carbonyl (C=O) groups excluding carboxylic acids is 1. The van der Waals surface area contributed by atoms with Crippen LogP contribution in [-0.4, -0.2) is 64.4 Å². The molecule has 2 N–H and O–H groups in total. The van der Waals surface area contributed by atoms with Gasteiger partial charge in [0.2, 0.25) is 5.91 Å². The molecule has 0 aliphatic carbocycles. The molecule has 3 rings (SSSR count). The van der Waals surface area contributed by atoms with E-state index in [1.165, 1.54) is 17.0 Å². The molecule has 0 bridgehead atoms. The van der Waals surface area contributed by atoms with Crippen molar-refractivity contribution in [3.63, 3.8) is 0 Å². The van der Waals surface area contributed by atoms with Crippen molar-refractivity contribution in [1.29, 1.82) is 0 Å². The molecule has 1 saturated heterocycles. The Hall–Kier alpha value is -2.03. The molecular formula is C16H20FN3O4. The molecule has 8 heteroatoms. The van der Waals surface area contributed by atoms with Crippen LogP contribution in [0.5, 0.6) is 0 Å². The molecule has 1 aliphatic heterocycles. The summed E-state index contributed by atoms with van der Waals surface area (Å²) in [4.78, 5) is 20.8. The van der Waals surface area contributed by atoms with E-state index < -0.39 is 6.10 Å². The predicted molar refractivity (Wildman–Crippen MR) is 83.7 cm³/mol. The second-order valence-corrected chi connectivity index (χ2v) is 5.70. The molecule has 1 aliphatic rings. The van der Waals surface area contributed by atoms with E-state index in [4.69, 9.17) is 9.47 Å². The molecule has 0 unspecified atom stereocenters. The van der Waals surface area contributed by atoms with Gasteiger partial charge in [-0.15, -0.1) is 0 Å². The molecule has 1 aromatic heterocycles. The number of halogens is 1. The Morgan fingerprint density at radius 3 is 3.12 bits per heavy atom. The van der Waals surface area contributed by atoms with Crippen molar-refractivity contribution >= 4 is 16.9 Å². The summed E-state index contributed by atoms with van der Waals surface area (Å²) in [5.41, 5.74) is 1.23. The number of likely N-dealkylation sites (tertiary alicyclic amines) is 1. The van der Waals surface area contributed by atoms with Crippen molar-refractivity contribution in [2.45, 2.75) is 25.7 Å². The summed E-state index contributed by atoms with van der Waals surface area (Å²) in [5, 5.41) is 9.84. The van der Waals surface area contributed by atoms with Gasteiger partial charge in [-0.05, 0) is 25.1 Å². The number of aliphatic hydroxyl groups is 1. The van der Waals surface area contributed by atoms with Crippen LogP contribution in [0.25, 0.3) is 11.0 Å². The van der Waals surface area contributed by atoms with E-state index in [-0.39, 0.29) is 37.6 Å². The third-order valence-electron chi connectivity index (χ3n) is 3.93. The van der Waals surface area contributed by atoms with Crippen LogP contribution in [0.4, 0.5) is 4.39 Å². The summed E-state index contributed by atoms with van der Waals surface area (Å²) in [6.07, 6.45) is -1.01. The fourth-order valence-electron chi connectivity index (χ4n) is 2.77. The van der Waals surface area contributed by atoms with Crippen molar-refractivity contribution in [2.24, 2.45) is 0 Å². The number of aromatic amines is 1. The standard InChI is InChI=1S/C16H20FN3O4/c1-2-24-14-7-20(6-13(14)21)16(22)9-23-8-15-18-11-4-3-10(17)5-12(11)19-15/h3-5,13-14,21H,2,6-9H2,1H3,(H,18,19)/t13-,14-/m0/s1. The first-order valence-electron chi connectivity index (χ1n) is 7.86. The van der Waals surface area contributed by atoms with E-state index in [1.807, 2.05) is 6.92 Å². The molecule has 7 nitrogen and oxygen atoms in total. The molecule has 2 heterocycles. The van der Waals surface area contributed by atoms with Gasteiger partial charge in [-0.3, -0.25) is 4.79 Å². The van der Waals surface area contributed by atoms with Gasteiger partial charge in [0.25, 0.3) is 0 Å². The molecule has 2 atom stereocenters. The van der Waals surface area contributed by atoms with Gasteiger partial charge >= 0.3 is 0 Å². The molecule has 130 valence electrons. The zero-order chi connectivity index (χ0) is 17.1. The van der Waals surface area contributed by atoms with Crippen LogP contribution >= 0.6 is 0 Å². The Morgan fingerprint density at radius 1 is 1.50 bits per heavy atom. The molecule has 1 amide bonds. The monoisotopic (exact) mass is 337 g/mol. The number of ether oxygens (including phenoxy) is 2. The molecule has 0 spiro atoms. The van der Waals surface area contributed by atoms with Crippen LogP contribution < -0.4 is 0 Å². The molecular weight excluding hydrogens is 317 g/mol. The number of fused-ring (bicyclic) bond motifs is 1. The molecule has 1 fully saturated rings. The van der Waals surface area contributed by atoms with Crippen molar-refractivity contribution in [1.82, 2.24) is 14.9 Å². The van der Waals surface area contributed by atoms with Crippen LogP contribution in [0.15, 0.2) is 18.2 Å². The number of imidazole rings is 1. The number of amides is 1. The van der Waals surface area contributed by atoms with Crippen LogP contribution in [0.3, 0.4) is 0 Å². The lowest BCUT2D eigenvalue weighted by Gasteiger charge is -2.15. The fourth-order valence-corrected chi connectivity index (χ4v) is 2.77. The van der Waals surface area contributed by atoms with E-state index in [9.17, 15) is 14.3 Å². The zero-order valence-corrected chi connectivity index (χ0v) is 13.4. The number of hydrogen-bond acceptors (Lipinski definition) is 5. The van der Waals surface area contributed by atoms with Gasteiger partial charge in [-0.25, -0.2) is 9.37 Å². The maximum Gasteiger partial charge on any atom is 0.248 e. The van der Waals surface area contributed by atoms with Crippen LogP contribution in [-0.2, 0) is 20.9 Å². The van der Waals surface area contributed by atoms with Gasteiger partial charge in [-0.1, -0.05) is 0 Å². The van der Waals surface area contributed by atoms with Gasteiger partial charge in [0.1, 0.15) is 31.0 Å². The first-order chi connectivity index (χ1) is 11.6. The Bertz CT molecular complexity index is 720.